The summed E-state index contributed by atoms with van der Waals surface area (Å²) in [6.45, 7) is 11.0. The number of rotatable bonds is 4. The lowest BCUT2D eigenvalue weighted by molar-refractivity contribution is -0.132. The fraction of sp³-hybridized carbons (Fsp3) is 0.556. The van der Waals surface area contributed by atoms with Crippen LogP contribution in [0.2, 0.25) is 0 Å². The number of piperazine rings is 1. The van der Waals surface area contributed by atoms with Gasteiger partial charge in [0.15, 0.2) is 0 Å². The maximum absolute atomic E-state index is 12.3. The van der Waals surface area contributed by atoms with Crippen LogP contribution < -0.4 is 0 Å². The molecular formula is C18H25N3OS2. The van der Waals surface area contributed by atoms with Crippen molar-refractivity contribution in [2.75, 3.05) is 26.2 Å². The predicted octanol–water partition coefficient (Wildman–Crippen LogP) is 3.39. The van der Waals surface area contributed by atoms with Crippen molar-refractivity contribution in [2.45, 2.75) is 39.2 Å². The van der Waals surface area contributed by atoms with Gasteiger partial charge in [-0.05, 0) is 11.4 Å². The third-order valence-corrected chi connectivity index (χ3v) is 6.02. The Kier molecular flexibility index (Phi) is 5.37. The van der Waals surface area contributed by atoms with Crippen molar-refractivity contribution in [1.29, 1.82) is 0 Å². The highest BCUT2D eigenvalue weighted by Gasteiger charge is 2.23. The summed E-state index contributed by atoms with van der Waals surface area (Å²) in [5.74, 6) is 0.251. The molecule has 0 saturated carbocycles. The van der Waals surface area contributed by atoms with E-state index < -0.39 is 0 Å². The van der Waals surface area contributed by atoms with Crippen molar-refractivity contribution in [3.63, 3.8) is 0 Å². The minimum atomic E-state index is 0.113. The van der Waals surface area contributed by atoms with Gasteiger partial charge in [-0.25, -0.2) is 4.98 Å². The number of aromatic nitrogens is 1. The van der Waals surface area contributed by atoms with Crippen LogP contribution in [0.3, 0.4) is 0 Å². The van der Waals surface area contributed by atoms with E-state index in [2.05, 4.69) is 31.1 Å². The second-order valence-corrected chi connectivity index (χ2v) is 9.26. The standard InChI is InChI=1S/C18H25N3OS2/c1-18(2,3)15-13-24-16(19-15)12-20-6-8-21(9-7-20)17(22)11-14-5-4-10-23-14/h4-5,10,13H,6-9,11-12H2,1-3H3. The molecule has 0 N–H and O–H groups in total. The first kappa shape index (κ1) is 17.6. The van der Waals surface area contributed by atoms with Gasteiger partial charge in [0.25, 0.3) is 0 Å². The van der Waals surface area contributed by atoms with Crippen molar-refractivity contribution >= 4 is 28.6 Å². The Balaban J connectivity index is 1.48. The Hall–Kier alpha value is -1.24. The van der Waals surface area contributed by atoms with E-state index in [0.29, 0.717) is 6.42 Å². The molecule has 24 heavy (non-hydrogen) atoms. The second kappa shape index (κ2) is 7.33. The van der Waals surface area contributed by atoms with Gasteiger partial charge in [0.2, 0.25) is 5.91 Å². The molecule has 1 aliphatic rings. The quantitative estimate of drug-likeness (QED) is 0.835. The number of hydrogen-bond donors (Lipinski definition) is 0. The number of hydrogen-bond acceptors (Lipinski definition) is 5. The molecule has 3 rings (SSSR count). The van der Waals surface area contributed by atoms with Gasteiger partial charge in [-0.1, -0.05) is 26.8 Å². The molecule has 1 fully saturated rings. The molecule has 2 aromatic heterocycles. The van der Waals surface area contributed by atoms with Gasteiger partial charge in [0.05, 0.1) is 18.7 Å². The van der Waals surface area contributed by atoms with Crippen LogP contribution in [0.5, 0.6) is 0 Å². The largest absolute Gasteiger partial charge is 0.340 e. The van der Waals surface area contributed by atoms with E-state index in [1.54, 1.807) is 22.7 Å². The number of nitrogens with zero attached hydrogens (tertiary/aromatic N) is 3. The van der Waals surface area contributed by atoms with Crippen molar-refractivity contribution in [3.8, 4) is 0 Å². The Morgan fingerprint density at radius 3 is 2.54 bits per heavy atom. The first-order valence-corrected chi connectivity index (χ1v) is 10.1. The number of thiazole rings is 1. The smallest absolute Gasteiger partial charge is 0.227 e. The van der Waals surface area contributed by atoms with E-state index in [-0.39, 0.29) is 11.3 Å². The van der Waals surface area contributed by atoms with Gasteiger partial charge in [-0.15, -0.1) is 22.7 Å². The molecule has 1 aliphatic heterocycles. The molecule has 1 saturated heterocycles. The molecule has 3 heterocycles. The number of amides is 1. The molecule has 2 aromatic rings. The minimum absolute atomic E-state index is 0.113. The molecule has 6 heteroatoms. The minimum Gasteiger partial charge on any atom is -0.340 e. The number of thiophene rings is 1. The first-order chi connectivity index (χ1) is 11.4. The molecule has 0 bridgehead atoms. The third-order valence-electron chi connectivity index (χ3n) is 4.31. The average molecular weight is 364 g/mol. The highest BCUT2D eigenvalue weighted by atomic mass is 32.1. The van der Waals surface area contributed by atoms with Crippen LogP contribution in [0.1, 0.15) is 36.3 Å². The molecular weight excluding hydrogens is 338 g/mol. The van der Waals surface area contributed by atoms with Crippen molar-refractivity contribution in [3.05, 3.63) is 38.5 Å². The summed E-state index contributed by atoms with van der Waals surface area (Å²) < 4.78 is 0. The molecule has 0 unspecified atom stereocenters. The second-order valence-electron chi connectivity index (χ2n) is 7.29. The summed E-state index contributed by atoms with van der Waals surface area (Å²) in [4.78, 5) is 22.7. The molecule has 1 amide bonds. The van der Waals surface area contributed by atoms with Crippen molar-refractivity contribution in [2.24, 2.45) is 0 Å². The van der Waals surface area contributed by atoms with E-state index in [0.717, 1.165) is 37.6 Å². The van der Waals surface area contributed by atoms with Gasteiger partial charge >= 0.3 is 0 Å². The van der Waals surface area contributed by atoms with Crippen LogP contribution in [-0.2, 0) is 23.2 Å². The van der Waals surface area contributed by atoms with E-state index in [1.807, 2.05) is 22.4 Å². The van der Waals surface area contributed by atoms with Crippen LogP contribution >= 0.6 is 22.7 Å². The Morgan fingerprint density at radius 1 is 1.21 bits per heavy atom. The monoisotopic (exact) mass is 363 g/mol. The van der Waals surface area contributed by atoms with Gasteiger partial charge in [-0.3, -0.25) is 9.69 Å². The van der Waals surface area contributed by atoms with Gasteiger partial charge in [-0.2, -0.15) is 0 Å². The van der Waals surface area contributed by atoms with Crippen molar-refractivity contribution < 1.29 is 4.79 Å². The highest BCUT2D eigenvalue weighted by molar-refractivity contribution is 7.10. The third kappa shape index (κ3) is 4.43. The zero-order valence-corrected chi connectivity index (χ0v) is 16.3. The van der Waals surface area contributed by atoms with Crippen LogP contribution in [0, 0.1) is 0 Å². The lowest BCUT2D eigenvalue weighted by Gasteiger charge is -2.34. The van der Waals surface area contributed by atoms with E-state index in [4.69, 9.17) is 4.98 Å². The predicted molar refractivity (Wildman–Crippen MR) is 101 cm³/mol. The normalized spacial score (nSPS) is 16.5. The summed E-state index contributed by atoms with van der Waals surface area (Å²) in [5.41, 5.74) is 1.29. The molecule has 4 nitrogen and oxygen atoms in total. The maximum atomic E-state index is 12.3. The van der Waals surface area contributed by atoms with E-state index in [1.165, 1.54) is 10.7 Å². The van der Waals surface area contributed by atoms with Gasteiger partial charge < -0.3 is 4.90 Å². The van der Waals surface area contributed by atoms with Crippen LogP contribution in [0.25, 0.3) is 0 Å². The maximum Gasteiger partial charge on any atom is 0.227 e. The molecule has 0 aromatic carbocycles. The summed E-state index contributed by atoms with van der Waals surface area (Å²) >= 11 is 3.40. The summed E-state index contributed by atoms with van der Waals surface area (Å²) in [6.07, 6.45) is 0.541. The molecule has 0 spiro atoms. The summed E-state index contributed by atoms with van der Waals surface area (Å²) in [5, 5.41) is 5.38. The van der Waals surface area contributed by atoms with Crippen LogP contribution in [0.4, 0.5) is 0 Å². The zero-order chi connectivity index (χ0) is 17.2. The molecule has 0 atom stereocenters. The van der Waals surface area contributed by atoms with Gasteiger partial charge in [0.1, 0.15) is 5.01 Å². The summed E-state index contributed by atoms with van der Waals surface area (Å²) in [6, 6.07) is 4.04. The van der Waals surface area contributed by atoms with Gasteiger partial charge in [0, 0.05) is 41.9 Å². The first-order valence-electron chi connectivity index (χ1n) is 8.39. The number of carbonyl (C=O) groups is 1. The van der Waals surface area contributed by atoms with E-state index in [9.17, 15) is 4.79 Å². The number of carbonyl (C=O) groups excluding carboxylic acids is 1. The average Bonchev–Trinajstić information content (AvgIpc) is 3.19. The topological polar surface area (TPSA) is 36.4 Å². The molecule has 0 aliphatic carbocycles. The van der Waals surface area contributed by atoms with Crippen LogP contribution in [-0.4, -0.2) is 46.9 Å². The van der Waals surface area contributed by atoms with Crippen molar-refractivity contribution in [1.82, 2.24) is 14.8 Å². The zero-order valence-electron chi connectivity index (χ0n) is 14.6. The van der Waals surface area contributed by atoms with E-state index >= 15 is 0 Å². The summed E-state index contributed by atoms with van der Waals surface area (Å²) in [7, 11) is 0. The highest BCUT2D eigenvalue weighted by Crippen LogP contribution is 2.24. The molecule has 0 radical (unpaired) electrons. The Morgan fingerprint density at radius 2 is 1.96 bits per heavy atom. The molecule has 130 valence electrons. The lowest BCUT2D eigenvalue weighted by Crippen LogP contribution is -2.48. The Labute approximate surface area is 152 Å². The van der Waals surface area contributed by atoms with Crippen LogP contribution in [0.15, 0.2) is 22.9 Å². The SMILES string of the molecule is CC(C)(C)c1csc(CN2CCN(C(=O)Cc3cccs3)CC2)n1. The Bertz CT molecular complexity index is 665. The fourth-order valence-corrected chi connectivity index (χ4v) is 4.51. The fourth-order valence-electron chi connectivity index (χ4n) is 2.75. The lowest BCUT2D eigenvalue weighted by atomic mass is 9.93.